The molecule has 0 atom stereocenters. The van der Waals surface area contributed by atoms with E-state index in [4.69, 9.17) is 11.6 Å². The molecule has 1 fully saturated rings. The Morgan fingerprint density at radius 2 is 1.67 bits per heavy atom. The second kappa shape index (κ2) is 7.58. The minimum absolute atomic E-state index is 0.0824. The molecule has 0 bridgehead atoms. The summed E-state index contributed by atoms with van der Waals surface area (Å²) in [4.78, 5) is 37.1. The summed E-state index contributed by atoms with van der Waals surface area (Å²) in [5, 5.41) is 22.4. The molecule has 0 spiro atoms. The fraction of sp³-hybridized carbons (Fsp3) is 0.235. The minimum Gasteiger partial charge on any atom is -0.362 e. The number of nitrogens with zero attached hydrogens (tertiary/aromatic N) is 4. The number of nitro benzene ring substituents is 2. The van der Waals surface area contributed by atoms with Gasteiger partial charge in [-0.1, -0.05) is 17.7 Å². The van der Waals surface area contributed by atoms with Gasteiger partial charge in [-0.15, -0.1) is 0 Å². The lowest BCUT2D eigenvalue weighted by molar-refractivity contribution is -0.384. The lowest BCUT2D eigenvalue weighted by atomic mass is 10.1. The predicted molar refractivity (Wildman–Crippen MR) is 99.3 cm³/mol. The van der Waals surface area contributed by atoms with Gasteiger partial charge in [0.2, 0.25) is 0 Å². The fourth-order valence-corrected chi connectivity index (χ4v) is 3.16. The first-order valence-corrected chi connectivity index (χ1v) is 8.47. The highest BCUT2D eigenvalue weighted by Crippen LogP contribution is 2.31. The predicted octanol–water partition coefficient (Wildman–Crippen LogP) is 3.12. The van der Waals surface area contributed by atoms with Gasteiger partial charge in [0.25, 0.3) is 17.3 Å². The van der Waals surface area contributed by atoms with Crippen LogP contribution in [0.5, 0.6) is 0 Å². The van der Waals surface area contributed by atoms with Crippen molar-refractivity contribution in [2.75, 3.05) is 31.1 Å². The van der Waals surface area contributed by atoms with E-state index in [0.717, 1.165) is 0 Å². The molecular weight excluding hydrogens is 376 g/mol. The van der Waals surface area contributed by atoms with Crippen LogP contribution < -0.4 is 4.90 Å². The molecule has 1 amide bonds. The van der Waals surface area contributed by atoms with Crippen molar-refractivity contribution in [1.29, 1.82) is 0 Å². The maximum atomic E-state index is 12.6. The number of non-ortho nitro benzene ring substituents is 1. The van der Waals surface area contributed by atoms with Crippen molar-refractivity contribution in [3.05, 3.63) is 73.3 Å². The summed E-state index contributed by atoms with van der Waals surface area (Å²) < 4.78 is 0. The van der Waals surface area contributed by atoms with Crippen molar-refractivity contribution in [3.63, 3.8) is 0 Å². The summed E-state index contributed by atoms with van der Waals surface area (Å²) in [6.07, 6.45) is 0. The number of carbonyl (C=O) groups is 1. The maximum Gasteiger partial charge on any atom is 0.294 e. The van der Waals surface area contributed by atoms with E-state index >= 15 is 0 Å². The van der Waals surface area contributed by atoms with Crippen molar-refractivity contribution in [1.82, 2.24) is 4.90 Å². The zero-order valence-corrected chi connectivity index (χ0v) is 14.8. The Bertz CT molecular complexity index is 912. The van der Waals surface area contributed by atoms with E-state index in [-0.39, 0.29) is 27.9 Å². The average molecular weight is 391 g/mol. The third-order valence-corrected chi connectivity index (χ3v) is 4.58. The van der Waals surface area contributed by atoms with Crippen LogP contribution in [-0.4, -0.2) is 46.8 Å². The number of halogens is 1. The van der Waals surface area contributed by atoms with Crippen molar-refractivity contribution in [2.45, 2.75) is 0 Å². The molecular formula is C17H15ClN4O5. The molecule has 1 aliphatic heterocycles. The van der Waals surface area contributed by atoms with Gasteiger partial charge in [0.1, 0.15) is 5.69 Å². The highest BCUT2D eigenvalue weighted by molar-refractivity contribution is 6.30. The molecule has 3 rings (SSSR count). The van der Waals surface area contributed by atoms with Crippen LogP contribution in [-0.2, 0) is 0 Å². The lowest BCUT2D eigenvalue weighted by Gasteiger charge is -2.35. The number of piperazine rings is 1. The first kappa shape index (κ1) is 18.6. The molecule has 2 aromatic rings. The molecule has 0 aliphatic carbocycles. The Balaban J connectivity index is 1.72. The normalized spacial score (nSPS) is 14.1. The Labute approximate surface area is 159 Å². The largest absolute Gasteiger partial charge is 0.362 e. The quantitative estimate of drug-likeness (QED) is 0.586. The Morgan fingerprint density at radius 3 is 2.30 bits per heavy atom. The molecule has 140 valence electrons. The van der Waals surface area contributed by atoms with Crippen LogP contribution >= 0.6 is 11.6 Å². The molecule has 1 saturated heterocycles. The number of benzene rings is 2. The standard InChI is InChI=1S/C17H15ClN4O5/c18-13-4-5-15(16(11-13)22(26)27)19-6-8-20(9-7-19)17(23)12-2-1-3-14(10-12)21(24)25/h1-5,10-11H,6-9H2. The van der Waals surface area contributed by atoms with E-state index in [0.29, 0.717) is 31.9 Å². The summed E-state index contributed by atoms with van der Waals surface area (Å²) in [6.45, 7) is 1.51. The smallest absolute Gasteiger partial charge is 0.294 e. The van der Waals surface area contributed by atoms with Gasteiger partial charge >= 0.3 is 0 Å². The summed E-state index contributed by atoms with van der Waals surface area (Å²) in [7, 11) is 0. The molecule has 9 nitrogen and oxygen atoms in total. The molecule has 0 radical (unpaired) electrons. The average Bonchev–Trinajstić information content (AvgIpc) is 2.67. The van der Waals surface area contributed by atoms with Crippen LogP contribution in [0.2, 0.25) is 5.02 Å². The molecule has 0 unspecified atom stereocenters. The van der Waals surface area contributed by atoms with Crippen LogP contribution in [0.4, 0.5) is 17.1 Å². The van der Waals surface area contributed by atoms with E-state index in [1.54, 1.807) is 17.0 Å². The molecule has 10 heteroatoms. The third-order valence-electron chi connectivity index (χ3n) is 4.35. The van der Waals surface area contributed by atoms with Crippen LogP contribution in [0, 0.1) is 20.2 Å². The summed E-state index contributed by atoms with van der Waals surface area (Å²) in [6, 6.07) is 10.1. The first-order valence-electron chi connectivity index (χ1n) is 8.09. The monoisotopic (exact) mass is 390 g/mol. The number of carbonyl (C=O) groups excluding carboxylic acids is 1. The maximum absolute atomic E-state index is 12.6. The van der Waals surface area contributed by atoms with Gasteiger partial charge in [0, 0.05) is 55.0 Å². The molecule has 0 aromatic heterocycles. The number of anilines is 1. The van der Waals surface area contributed by atoms with Crippen molar-refractivity contribution in [3.8, 4) is 0 Å². The second-order valence-corrected chi connectivity index (χ2v) is 6.41. The van der Waals surface area contributed by atoms with Crippen LogP contribution in [0.1, 0.15) is 10.4 Å². The van der Waals surface area contributed by atoms with Crippen molar-refractivity contribution < 1.29 is 14.6 Å². The Morgan fingerprint density at radius 1 is 0.963 bits per heavy atom. The highest BCUT2D eigenvalue weighted by Gasteiger charge is 2.27. The SMILES string of the molecule is O=C(c1cccc([N+](=O)[O-])c1)N1CCN(c2ccc(Cl)cc2[N+](=O)[O-])CC1. The Kier molecular flexibility index (Phi) is 5.22. The zero-order valence-electron chi connectivity index (χ0n) is 14.1. The molecule has 0 N–H and O–H groups in total. The van der Waals surface area contributed by atoms with E-state index in [1.807, 2.05) is 4.90 Å². The lowest BCUT2D eigenvalue weighted by Crippen LogP contribution is -2.49. The van der Waals surface area contributed by atoms with Crippen LogP contribution in [0.25, 0.3) is 0 Å². The zero-order chi connectivity index (χ0) is 19.6. The van der Waals surface area contributed by atoms with Crippen molar-refractivity contribution >= 4 is 34.6 Å². The van der Waals surface area contributed by atoms with Gasteiger partial charge < -0.3 is 9.80 Å². The highest BCUT2D eigenvalue weighted by atomic mass is 35.5. The first-order chi connectivity index (χ1) is 12.9. The van der Waals surface area contributed by atoms with Gasteiger partial charge in [-0.25, -0.2) is 0 Å². The molecule has 2 aromatic carbocycles. The van der Waals surface area contributed by atoms with Gasteiger partial charge in [-0.2, -0.15) is 0 Å². The fourth-order valence-electron chi connectivity index (χ4n) is 3.00. The van der Waals surface area contributed by atoms with E-state index in [1.165, 1.54) is 30.3 Å². The van der Waals surface area contributed by atoms with Crippen LogP contribution in [0.3, 0.4) is 0 Å². The number of hydrogen-bond acceptors (Lipinski definition) is 6. The molecule has 1 heterocycles. The van der Waals surface area contributed by atoms with Crippen molar-refractivity contribution in [2.24, 2.45) is 0 Å². The molecule has 0 saturated carbocycles. The number of nitro groups is 2. The minimum atomic E-state index is -0.547. The van der Waals surface area contributed by atoms with Gasteiger partial charge in [0.05, 0.1) is 9.85 Å². The number of hydrogen-bond donors (Lipinski definition) is 0. The van der Waals surface area contributed by atoms with Gasteiger partial charge in [0.15, 0.2) is 0 Å². The second-order valence-electron chi connectivity index (χ2n) is 5.98. The molecule has 27 heavy (non-hydrogen) atoms. The summed E-state index contributed by atoms with van der Waals surface area (Å²) in [5.41, 5.74) is 0.471. The number of amides is 1. The third kappa shape index (κ3) is 3.98. The molecule has 1 aliphatic rings. The van der Waals surface area contributed by atoms with Gasteiger partial charge in [-0.05, 0) is 18.2 Å². The summed E-state index contributed by atoms with van der Waals surface area (Å²) >= 11 is 5.84. The summed E-state index contributed by atoms with van der Waals surface area (Å²) in [5.74, 6) is -0.302. The Hall–Kier alpha value is -3.20. The topological polar surface area (TPSA) is 110 Å². The van der Waals surface area contributed by atoms with Gasteiger partial charge in [-0.3, -0.25) is 25.0 Å². The van der Waals surface area contributed by atoms with Crippen LogP contribution in [0.15, 0.2) is 42.5 Å². The van der Waals surface area contributed by atoms with E-state index in [2.05, 4.69) is 0 Å². The van der Waals surface area contributed by atoms with E-state index in [9.17, 15) is 25.0 Å². The number of rotatable bonds is 4. The van der Waals surface area contributed by atoms with E-state index < -0.39 is 9.85 Å².